The summed E-state index contributed by atoms with van der Waals surface area (Å²) in [5, 5.41) is 3.48. The maximum atomic E-state index is 12.1. The summed E-state index contributed by atoms with van der Waals surface area (Å²) in [6.07, 6.45) is -0.494. The molecule has 0 amide bonds. The zero-order valence-corrected chi connectivity index (χ0v) is 19.8. The minimum atomic E-state index is -4.71. The number of hydrogen-bond acceptors (Lipinski definition) is 10. The van der Waals surface area contributed by atoms with E-state index in [1.54, 1.807) is 20.8 Å². The average molecular weight is 490 g/mol. The third-order valence-electron chi connectivity index (χ3n) is 4.44. The Hall–Kier alpha value is -1.92. The third-order valence-corrected chi connectivity index (χ3v) is 6.64. The van der Waals surface area contributed by atoms with Gasteiger partial charge in [-0.05, 0) is 12.5 Å². The van der Waals surface area contributed by atoms with Crippen LogP contribution < -0.4 is 16.1 Å². The summed E-state index contributed by atoms with van der Waals surface area (Å²) in [5.41, 5.74) is 7.25. The Morgan fingerprint density at radius 2 is 2.16 bits per heavy atom. The Balaban J connectivity index is 1.95. The number of carbonyl (C=O) groups is 1. The molecule has 178 valence electrons. The molecule has 2 rings (SSSR count). The number of phosphoric ester groups is 1. The number of aromatic nitrogens is 2. The van der Waals surface area contributed by atoms with Crippen LogP contribution in [-0.2, 0) is 23.1 Å². The van der Waals surface area contributed by atoms with Gasteiger partial charge >= 0.3 is 5.69 Å². The van der Waals surface area contributed by atoms with Crippen LogP contribution in [0.3, 0.4) is 0 Å². The standard InChI is InChI=1S/C17H26N5O8PS/c1-10-8-22(16(25)19-14(10)23)13-7-11(20-21-18)12(30-13)9-29-31(26,27)28-5-6-32-15(24)17(2,3)4/h8,11-13H,5-7,9H2,1-4H3,(H,26,27)(H,19,23,25)/p-1. The Bertz CT molecular complexity index is 1040. The quantitative estimate of drug-likeness (QED) is 0.176. The number of phosphoric acid groups is 1. The molecule has 0 aromatic carbocycles. The van der Waals surface area contributed by atoms with Gasteiger partial charge in [0.2, 0.25) is 0 Å². The number of thioether (sulfide) groups is 1. The lowest BCUT2D eigenvalue weighted by Crippen LogP contribution is -2.33. The largest absolute Gasteiger partial charge is 0.756 e. The molecule has 0 saturated carbocycles. The van der Waals surface area contributed by atoms with Crippen LogP contribution in [0.25, 0.3) is 10.4 Å². The fourth-order valence-corrected chi connectivity index (χ4v) is 4.35. The zero-order valence-electron chi connectivity index (χ0n) is 18.0. The summed E-state index contributed by atoms with van der Waals surface area (Å²) in [6, 6.07) is -0.816. The van der Waals surface area contributed by atoms with Crippen molar-refractivity contribution in [2.24, 2.45) is 10.5 Å². The van der Waals surface area contributed by atoms with E-state index in [0.717, 1.165) is 16.3 Å². The van der Waals surface area contributed by atoms with Crippen molar-refractivity contribution in [3.8, 4) is 0 Å². The first-order valence-corrected chi connectivity index (χ1v) is 12.1. The van der Waals surface area contributed by atoms with E-state index in [4.69, 9.17) is 19.3 Å². The van der Waals surface area contributed by atoms with E-state index in [0.29, 0.717) is 0 Å². The minimum Gasteiger partial charge on any atom is -0.756 e. The predicted molar refractivity (Wildman–Crippen MR) is 114 cm³/mol. The number of H-pyrrole nitrogens is 1. The smallest absolute Gasteiger partial charge is 0.330 e. The number of azide groups is 1. The highest BCUT2D eigenvalue weighted by atomic mass is 32.2. The second kappa shape index (κ2) is 10.8. The Labute approximate surface area is 187 Å². The van der Waals surface area contributed by atoms with Gasteiger partial charge in [-0.25, -0.2) is 4.79 Å². The van der Waals surface area contributed by atoms with Gasteiger partial charge in [0.15, 0.2) is 5.12 Å². The van der Waals surface area contributed by atoms with Crippen molar-refractivity contribution in [3.63, 3.8) is 0 Å². The summed E-state index contributed by atoms with van der Waals surface area (Å²) < 4.78 is 28.4. The molecule has 0 aliphatic carbocycles. The van der Waals surface area contributed by atoms with Crippen LogP contribution >= 0.6 is 19.6 Å². The molecular formula is C17H25N5O8PS-. The fraction of sp³-hybridized carbons (Fsp3) is 0.706. The monoisotopic (exact) mass is 490 g/mol. The molecule has 4 unspecified atom stereocenters. The van der Waals surface area contributed by atoms with E-state index in [1.807, 2.05) is 0 Å². The molecule has 1 aliphatic rings. The van der Waals surface area contributed by atoms with Crippen molar-refractivity contribution in [1.82, 2.24) is 9.55 Å². The van der Waals surface area contributed by atoms with Crippen molar-refractivity contribution in [2.45, 2.75) is 52.5 Å². The first-order chi connectivity index (χ1) is 14.8. The maximum Gasteiger partial charge on any atom is 0.330 e. The lowest BCUT2D eigenvalue weighted by molar-refractivity contribution is -0.227. The van der Waals surface area contributed by atoms with Crippen molar-refractivity contribution in [1.29, 1.82) is 0 Å². The number of nitrogens with zero attached hydrogens (tertiary/aromatic N) is 4. The molecule has 13 nitrogen and oxygen atoms in total. The van der Waals surface area contributed by atoms with E-state index in [1.165, 1.54) is 13.1 Å². The van der Waals surface area contributed by atoms with E-state index in [2.05, 4.69) is 15.0 Å². The molecule has 1 aromatic heterocycles. The fourth-order valence-electron chi connectivity index (χ4n) is 2.73. The van der Waals surface area contributed by atoms with Gasteiger partial charge in [-0.15, -0.1) is 0 Å². The Morgan fingerprint density at radius 1 is 1.47 bits per heavy atom. The van der Waals surface area contributed by atoms with Gasteiger partial charge in [0.25, 0.3) is 13.4 Å². The molecule has 1 fully saturated rings. The summed E-state index contributed by atoms with van der Waals surface area (Å²) in [7, 11) is -4.71. The topological polar surface area (TPSA) is 189 Å². The van der Waals surface area contributed by atoms with Crippen LogP contribution in [0.1, 0.15) is 39.0 Å². The van der Waals surface area contributed by atoms with Gasteiger partial charge in [-0.3, -0.25) is 23.7 Å². The molecule has 0 spiro atoms. The Kier molecular flexibility index (Phi) is 8.89. The second-order valence-corrected chi connectivity index (χ2v) is 10.6. The van der Waals surface area contributed by atoms with Crippen LogP contribution in [-0.4, -0.2) is 45.8 Å². The maximum absolute atomic E-state index is 12.1. The highest BCUT2D eigenvalue weighted by molar-refractivity contribution is 8.13. The molecule has 15 heteroatoms. The number of hydrogen-bond donors (Lipinski definition) is 1. The lowest BCUT2D eigenvalue weighted by atomic mass is 10.00. The molecule has 1 aliphatic heterocycles. The van der Waals surface area contributed by atoms with E-state index in [9.17, 15) is 23.8 Å². The van der Waals surface area contributed by atoms with Crippen molar-refractivity contribution < 1.29 is 28.0 Å². The van der Waals surface area contributed by atoms with Gasteiger partial charge < -0.3 is 18.7 Å². The number of aryl methyl sites for hydroxylation is 1. The number of nitrogens with one attached hydrogen (secondary N) is 1. The number of ether oxygens (including phenoxy) is 1. The zero-order chi connectivity index (χ0) is 24.1. The number of aromatic amines is 1. The molecule has 1 N–H and O–H groups in total. The van der Waals surface area contributed by atoms with Crippen LogP contribution in [0, 0.1) is 12.3 Å². The number of carbonyl (C=O) groups excluding carboxylic acids is 1. The molecule has 32 heavy (non-hydrogen) atoms. The third kappa shape index (κ3) is 7.31. The van der Waals surface area contributed by atoms with Crippen LogP contribution in [0.2, 0.25) is 0 Å². The molecule has 2 heterocycles. The second-order valence-electron chi connectivity index (χ2n) is 8.08. The molecule has 0 bridgehead atoms. The molecule has 1 aromatic rings. The normalized spacial score (nSPS) is 22.8. The molecular weight excluding hydrogens is 465 g/mol. The van der Waals surface area contributed by atoms with Gasteiger partial charge in [0.1, 0.15) is 6.23 Å². The van der Waals surface area contributed by atoms with Crippen molar-refractivity contribution in [3.05, 3.63) is 43.0 Å². The molecule has 4 atom stereocenters. The SMILES string of the molecule is Cc1cn(C2CC(N=[N+]=[N-])C(COP(=O)([O-])OCCSC(=O)C(C)(C)C)O2)c(=O)[nH]c1=O. The summed E-state index contributed by atoms with van der Waals surface area (Å²) in [6.45, 7) is 6.00. The summed E-state index contributed by atoms with van der Waals surface area (Å²) >= 11 is 0.959. The van der Waals surface area contributed by atoms with Gasteiger partial charge in [0, 0.05) is 34.3 Å². The summed E-state index contributed by atoms with van der Waals surface area (Å²) in [5.74, 6) is 0.128. The van der Waals surface area contributed by atoms with E-state index in [-0.39, 0.29) is 29.5 Å². The van der Waals surface area contributed by atoms with Gasteiger partial charge in [-0.1, -0.05) is 37.6 Å². The highest BCUT2D eigenvalue weighted by Crippen LogP contribution is 2.40. The lowest BCUT2D eigenvalue weighted by Gasteiger charge is -2.25. The van der Waals surface area contributed by atoms with E-state index < -0.39 is 49.5 Å². The minimum absolute atomic E-state index is 0.0685. The summed E-state index contributed by atoms with van der Waals surface area (Å²) in [4.78, 5) is 52.3. The Morgan fingerprint density at radius 3 is 2.78 bits per heavy atom. The van der Waals surface area contributed by atoms with Gasteiger partial charge in [0.05, 0.1) is 25.4 Å². The molecule has 1 saturated heterocycles. The van der Waals surface area contributed by atoms with Crippen molar-refractivity contribution in [2.75, 3.05) is 19.0 Å². The number of rotatable bonds is 9. The first kappa shape index (κ1) is 26.3. The average Bonchev–Trinajstić information content (AvgIpc) is 3.08. The van der Waals surface area contributed by atoms with E-state index >= 15 is 0 Å². The van der Waals surface area contributed by atoms with Crippen LogP contribution in [0.15, 0.2) is 20.9 Å². The van der Waals surface area contributed by atoms with Gasteiger partial charge in [-0.2, -0.15) is 0 Å². The molecule has 0 radical (unpaired) electrons. The van der Waals surface area contributed by atoms with Crippen molar-refractivity contribution >= 4 is 24.7 Å². The van der Waals surface area contributed by atoms with Crippen LogP contribution in [0.4, 0.5) is 0 Å². The predicted octanol–water partition coefficient (Wildman–Crippen LogP) is 1.62. The highest BCUT2D eigenvalue weighted by Gasteiger charge is 2.37. The first-order valence-electron chi connectivity index (χ1n) is 9.63. The van der Waals surface area contributed by atoms with Crippen LogP contribution in [0.5, 0.6) is 0 Å².